The third kappa shape index (κ3) is 3.57. The summed E-state index contributed by atoms with van der Waals surface area (Å²) in [5.41, 5.74) is 6.72. The van der Waals surface area contributed by atoms with E-state index in [4.69, 9.17) is 11.0 Å². The Morgan fingerprint density at radius 2 is 2.11 bits per heavy atom. The van der Waals surface area contributed by atoms with Crippen molar-refractivity contribution in [1.29, 1.82) is 5.26 Å². The highest BCUT2D eigenvalue weighted by molar-refractivity contribution is 5.94. The van der Waals surface area contributed by atoms with Crippen molar-refractivity contribution in [2.45, 2.75) is 32.2 Å². The summed E-state index contributed by atoms with van der Waals surface area (Å²) in [6, 6.07) is 8.64. The molecule has 1 aromatic carbocycles. The highest BCUT2D eigenvalue weighted by Crippen LogP contribution is 2.10. The van der Waals surface area contributed by atoms with Crippen LogP contribution >= 0.6 is 0 Å². The van der Waals surface area contributed by atoms with Gasteiger partial charge in [-0.1, -0.05) is 19.9 Å². The lowest BCUT2D eigenvalue weighted by Gasteiger charge is -2.26. The predicted molar refractivity (Wildman–Crippen MR) is 71.0 cm³/mol. The highest BCUT2D eigenvalue weighted by Gasteiger charge is 2.21. The monoisotopic (exact) mass is 245 g/mol. The van der Waals surface area contributed by atoms with Crippen LogP contribution in [0.4, 0.5) is 0 Å². The molecule has 0 aliphatic rings. The summed E-state index contributed by atoms with van der Waals surface area (Å²) in [6.07, 6.45) is 1.62. The number of hydrogen-bond donors (Lipinski definition) is 2. The van der Waals surface area contributed by atoms with Crippen LogP contribution in [-0.4, -0.2) is 18.0 Å². The molecule has 18 heavy (non-hydrogen) atoms. The molecule has 0 bridgehead atoms. The van der Waals surface area contributed by atoms with Crippen molar-refractivity contribution >= 4 is 5.91 Å². The van der Waals surface area contributed by atoms with Crippen LogP contribution in [0.3, 0.4) is 0 Å². The van der Waals surface area contributed by atoms with Crippen molar-refractivity contribution in [3.63, 3.8) is 0 Å². The van der Waals surface area contributed by atoms with Gasteiger partial charge in [0.1, 0.15) is 0 Å². The largest absolute Gasteiger partial charge is 0.350 e. The van der Waals surface area contributed by atoms with Gasteiger partial charge < -0.3 is 11.1 Å². The minimum absolute atomic E-state index is 0.191. The quantitative estimate of drug-likeness (QED) is 0.830. The van der Waals surface area contributed by atoms with E-state index in [1.54, 1.807) is 24.3 Å². The molecule has 0 spiro atoms. The number of nitriles is 1. The average molecular weight is 245 g/mol. The number of benzene rings is 1. The van der Waals surface area contributed by atoms with Gasteiger partial charge in [-0.3, -0.25) is 4.79 Å². The van der Waals surface area contributed by atoms with E-state index in [2.05, 4.69) is 5.32 Å². The minimum Gasteiger partial charge on any atom is -0.350 e. The van der Waals surface area contributed by atoms with E-state index < -0.39 is 0 Å². The Balaban J connectivity index is 2.69. The molecule has 0 unspecified atom stereocenters. The Hall–Kier alpha value is -1.86. The number of rotatable bonds is 5. The van der Waals surface area contributed by atoms with Crippen LogP contribution in [0.15, 0.2) is 24.3 Å². The molecule has 0 atom stereocenters. The predicted octanol–water partition coefficient (Wildman–Crippen LogP) is 1.81. The fourth-order valence-electron chi connectivity index (χ4n) is 1.59. The van der Waals surface area contributed by atoms with Crippen LogP contribution in [0.2, 0.25) is 0 Å². The van der Waals surface area contributed by atoms with Crippen LogP contribution in [0, 0.1) is 11.3 Å². The van der Waals surface area contributed by atoms with Gasteiger partial charge in [-0.15, -0.1) is 0 Å². The first-order valence-corrected chi connectivity index (χ1v) is 6.12. The van der Waals surface area contributed by atoms with E-state index in [1.165, 1.54) is 0 Å². The average Bonchev–Trinajstić information content (AvgIpc) is 2.44. The van der Waals surface area contributed by atoms with Crippen LogP contribution < -0.4 is 11.1 Å². The lowest BCUT2D eigenvalue weighted by Crippen LogP contribution is -2.49. The van der Waals surface area contributed by atoms with Crippen molar-refractivity contribution in [2.75, 3.05) is 6.54 Å². The van der Waals surface area contributed by atoms with Crippen LogP contribution in [0.1, 0.15) is 42.6 Å². The smallest absolute Gasteiger partial charge is 0.251 e. The fourth-order valence-corrected chi connectivity index (χ4v) is 1.59. The minimum atomic E-state index is -0.359. The van der Waals surface area contributed by atoms with Gasteiger partial charge in [0.2, 0.25) is 0 Å². The molecule has 1 rings (SSSR count). The maximum Gasteiger partial charge on any atom is 0.251 e. The van der Waals surface area contributed by atoms with Crippen molar-refractivity contribution in [3.8, 4) is 6.07 Å². The van der Waals surface area contributed by atoms with Gasteiger partial charge in [-0.25, -0.2) is 0 Å². The molecule has 0 saturated carbocycles. The standard InChI is InChI=1S/C14H19N3O/c1-3-14(16,4-2)10-17-13(18)12-7-5-6-11(8-12)9-15/h5-8H,3-4,10,16H2,1-2H3,(H,17,18). The fraction of sp³-hybridized carbons (Fsp3) is 0.429. The second-order valence-electron chi connectivity index (χ2n) is 4.44. The third-order valence-corrected chi connectivity index (χ3v) is 3.26. The molecule has 0 heterocycles. The first-order valence-electron chi connectivity index (χ1n) is 6.12. The zero-order chi connectivity index (χ0) is 13.6. The first kappa shape index (κ1) is 14.2. The van der Waals surface area contributed by atoms with E-state index in [1.807, 2.05) is 19.9 Å². The molecule has 0 aliphatic heterocycles. The van der Waals surface area contributed by atoms with E-state index >= 15 is 0 Å². The van der Waals surface area contributed by atoms with E-state index in [9.17, 15) is 4.79 Å². The van der Waals surface area contributed by atoms with Gasteiger partial charge in [-0.2, -0.15) is 5.26 Å². The van der Waals surface area contributed by atoms with Crippen molar-refractivity contribution < 1.29 is 4.79 Å². The summed E-state index contributed by atoms with van der Waals surface area (Å²) in [5.74, 6) is -0.191. The Kier molecular flexibility index (Phi) is 4.87. The van der Waals surface area contributed by atoms with E-state index in [0.717, 1.165) is 12.8 Å². The van der Waals surface area contributed by atoms with Gasteiger partial charge in [0.25, 0.3) is 5.91 Å². The lowest BCUT2D eigenvalue weighted by atomic mass is 9.94. The molecule has 3 N–H and O–H groups in total. The molecule has 1 amide bonds. The molecule has 1 aromatic rings. The van der Waals surface area contributed by atoms with Gasteiger partial charge in [0.15, 0.2) is 0 Å². The van der Waals surface area contributed by atoms with Crippen LogP contribution in [0.25, 0.3) is 0 Å². The molecular weight excluding hydrogens is 226 g/mol. The first-order chi connectivity index (χ1) is 8.54. The van der Waals surface area contributed by atoms with Crippen molar-refractivity contribution in [1.82, 2.24) is 5.32 Å². The number of nitrogens with two attached hydrogens (primary N) is 1. The summed E-state index contributed by atoms with van der Waals surface area (Å²) < 4.78 is 0. The molecule has 96 valence electrons. The molecule has 0 aliphatic carbocycles. The van der Waals surface area contributed by atoms with Gasteiger partial charge in [0, 0.05) is 17.6 Å². The Morgan fingerprint density at radius 3 is 2.67 bits per heavy atom. The Bertz CT molecular complexity index is 458. The maximum atomic E-state index is 11.9. The lowest BCUT2D eigenvalue weighted by molar-refractivity contribution is 0.0942. The maximum absolute atomic E-state index is 11.9. The summed E-state index contributed by atoms with van der Waals surface area (Å²) in [7, 11) is 0. The summed E-state index contributed by atoms with van der Waals surface area (Å²) >= 11 is 0. The topological polar surface area (TPSA) is 78.9 Å². The van der Waals surface area contributed by atoms with Gasteiger partial charge in [-0.05, 0) is 31.0 Å². The molecule has 0 aromatic heterocycles. The zero-order valence-corrected chi connectivity index (χ0v) is 10.9. The number of nitrogens with one attached hydrogen (secondary N) is 1. The molecule has 0 radical (unpaired) electrons. The number of carbonyl (C=O) groups excluding carboxylic acids is 1. The summed E-state index contributed by atoms with van der Waals surface area (Å²) in [5, 5.41) is 11.6. The summed E-state index contributed by atoms with van der Waals surface area (Å²) in [6.45, 7) is 4.45. The SMILES string of the molecule is CCC(N)(CC)CNC(=O)c1cccc(C#N)c1. The Morgan fingerprint density at radius 1 is 1.44 bits per heavy atom. The normalized spacial score (nSPS) is 10.8. The number of amides is 1. The number of hydrogen-bond acceptors (Lipinski definition) is 3. The van der Waals surface area contributed by atoms with E-state index in [0.29, 0.717) is 17.7 Å². The second-order valence-corrected chi connectivity index (χ2v) is 4.44. The molecular formula is C14H19N3O. The zero-order valence-electron chi connectivity index (χ0n) is 10.9. The number of carbonyl (C=O) groups is 1. The Labute approximate surface area is 108 Å². The molecule has 4 nitrogen and oxygen atoms in total. The highest BCUT2D eigenvalue weighted by atomic mass is 16.1. The van der Waals surface area contributed by atoms with Crippen LogP contribution in [0.5, 0.6) is 0 Å². The molecule has 4 heteroatoms. The molecule has 0 saturated heterocycles. The van der Waals surface area contributed by atoms with E-state index in [-0.39, 0.29) is 11.4 Å². The van der Waals surface area contributed by atoms with Crippen molar-refractivity contribution in [3.05, 3.63) is 35.4 Å². The van der Waals surface area contributed by atoms with Gasteiger partial charge >= 0.3 is 0 Å². The van der Waals surface area contributed by atoms with Gasteiger partial charge in [0.05, 0.1) is 11.6 Å². The third-order valence-electron chi connectivity index (χ3n) is 3.26. The number of nitrogens with zero attached hydrogens (tertiary/aromatic N) is 1. The van der Waals surface area contributed by atoms with Crippen LogP contribution in [-0.2, 0) is 0 Å². The molecule has 0 fully saturated rings. The van der Waals surface area contributed by atoms with Crippen molar-refractivity contribution in [2.24, 2.45) is 5.73 Å². The summed E-state index contributed by atoms with van der Waals surface area (Å²) in [4.78, 5) is 11.9. The second kappa shape index (κ2) is 6.18.